The molecule has 3 nitrogen and oxygen atoms in total. The summed E-state index contributed by atoms with van der Waals surface area (Å²) < 4.78 is 5.82. The molecule has 0 bridgehead atoms. The molecule has 0 aliphatic heterocycles. The Morgan fingerprint density at radius 3 is 2.62 bits per heavy atom. The van der Waals surface area contributed by atoms with Crippen LogP contribution in [0.4, 0.5) is 0 Å². The first-order valence-electron chi connectivity index (χ1n) is 7.99. The highest BCUT2D eigenvalue weighted by Crippen LogP contribution is 2.19. The number of hydrogen-bond acceptors (Lipinski definition) is 3. The minimum Gasteiger partial charge on any atom is -0.492 e. The zero-order chi connectivity index (χ0) is 15.1. The van der Waals surface area contributed by atoms with Crippen molar-refractivity contribution < 1.29 is 4.74 Å². The Bertz CT molecular complexity index is 437. The van der Waals surface area contributed by atoms with Crippen LogP contribution >= 0.6 is 0 Å². The molecule has 116 valence electrons. The Balaban J connectivity index is 1.68. The molecule has 1 N–H and O–H groups in total. The van der Waals surface area contributed by atoms with Crippen molar-refractivity contribution in [2.24, 2.45) is 0 Å². The molecule has 0 spiro atoms. The van der Waals surface area contributed by atoms with Crippen LogP contribution in [0.15, 0.2) is 36.4 Å². The average molecular weight is 288 g/mol. The Morgan fingerprint density at radius 2 is 2.05 bits per heavy atom. The smallest absolute Gasteiger partial charge is 0.119 e. The largest absolute Gasteiger partial charge is 0.492 e. The predicted molar refractivity (Wildman–Crippen MR) is 88.7 cm³/mol. The van der Waals surface area contributed by atoms with E-state index in [2.05, 4.69) is 54.9 Å². The quantitative estimate of drug-likeness (QED) is 0.669. The minimum atomic E-state index is 0.723. The number of ether oxygens (including phenoxy) is 1. The van der Waals surface area contributed by atoms with Gasteiger partial charge in [0.2, 0.25) is 0 Å². The molecule has 0 heterocycles. The van der Waals surface area contributed by atoms with Crippen LogP contribution in [0.25, 0.3) is 0 Å². The monoisotopic (exact) mass is 288 g/mol. The first-order valence-corrected chi connectivity index (χ1v) is 7.99. The highest BCUT2D eigenvalue weighted by molar-refractivity contribution is 5.27. The molecule has 3 heteroatoms. The van der Waals surface area contributed by atoms with E-state index in [1.165, 1.54) is 24.0 Å². The molecule has 1 aliphatic carbocycles. The van der Waals surface area contributed by atoms with Crippen LogP contribution in [0.2, 0.25) is 0 Å². The molecule has 1 saturated carbocycles. The van der Waals surface area contributed by atoms with Crippen molar-refractivity contribution in [1.82, 2.24) is 10.2 Å². The average Bonchev–Trinajstić information content (AvgIpc) is 3.29. The summed E-state index contributed by atoms with van der Waals surface area (Å²) >= 11 is 0. The SMILES string of the molecule is C=C(C)CN(CC)CCOc1ccc(CNC2CC2)cc1. The number of nitrogens with one attached hydrogen (secondary N) is 1. The lowest BCUT2D eigenvalue weighted by Gasteiger charge is -2.20. The molecule has 0 atom stereocenters. The topological polar surface area (TPSA) is 24.5 Å². The van der Waals surface area contributed by atoms with Crippen LogP contribution in [0.5, 0.6) is 5.75 Å². The third kappa shape index (κ3) is 6.32. The maximum atomic E-state index is 5.82. The van der Waals surface area contributed by atoms with Crippen LogP contribution in [-0.2, 0) is 6.54 Å². The molecule has 0 amide bonds. The molecule has 0 saturated heterocycles. The Morgan fingerprint density at radius 1 is 1.33 bits per heavy atom. The lowest BCUT2D eigenvalue weighted by Crippen LogP contribution is -2.29. The van der Waals surface area contributed by atoms with E-state index in [0.717, 1.165) is 44.6 Å². The summed E-state index contributed by atoms with van der Waals surface area (Å²) in [6, 6.07) is 9.19. The maximum absolute atomic E-state index is 5.82. The maximum Gasteiger partial charge on any atom is 0.119 e. The van der Waals surface area contributed by atoms with Gasteiger partial charge in [0.25, 0.3) is 0 Å². The van der Waals surface area contributed by atoms with Gasteiger partial charge in [-0.3, -0.25) is 4.90 Å². The van der Waals surface area contributed by atoms with Crippen molar-refractivity contribution in [3.05, 3.63) is 42.0 Å². The molecule has 0 aromatic heterocycles. The van der Waals surface area contributed by atoms with Gasteiger partial charge in [-0.25, -0.2) is 0 Å². The van der Waals surface area contributed by atoms with E-state index in [1.807, 2.05) is 0 Å². The van der Waals surface area contributed by atoms with Crippen LogP contribution in [0, 0.1) is 0 Å². The summed E-state index contributed by atoms with van der Waals surface area (Å²) in [5.74, 6) is 0.955. The molecule has 0 unspecified atom stereocenters. The second-order valence-electron chi connectivity index (χ2n) is 5.97. The minimum absolute atomic E-state index is 0.723. The predicted octanol–water partition coefficient (Wildman–Crippen LogP) is 3.22. The van der Waals surface area contributed by atoms with E-state index >= 15 is 0 Å². The van der Waals surface area contributed by atoms with Crippen molar-refractivity contribution in [2.75, 3.05) is 26.2 Å². The van der Waals surface area contributed by atoms with Gasteiger partial charge in [0.1, 0.15) is 12.4 Å². The molecule has 21 heavy (non-hydrogen) atoms. The summed E-state index contributed by atoms with van der Waals surface area (Å²) in [6.45, 7) is 12.8. The molecule has 0 radical (unpaired) electrons. The van der Waals surface area contributed by atoms with E-state index in [1.54, 1.807) is 0 Å². The Labute approximate surface area is 129 Å². The van der Waals surface area contributed by atoms with Gasteiger partial charge in [0.15, 0.2) is 0 Å². The lowest BCUT2D eigenvalue weighted by molar-refractivity contribution is 0.227. The highest BCUT2D eigenvalue weighted by Gasteiger charge is 2.19. The zero-order valence-electron chi connectivity index (χ0n) is 13.4. The van der Waals surface area contributed by atoms with E-state index in [9.17, 15) is 0 Å². The van der Waals surface area contributed by atoms with Gasteiger partial charge in [0.05, 0.1) is 0 Å². The first kappa shape index (κ1) is 16.1. The van der Waals surface area contributed by atoms with Gasteiger partial charge in [-0.05, 0) is 44.0 Å². The van der Waals surface area contributed by atoms with E-state index < -0.39 is 0 Å². The van der Waals surface area contributed by atoms with Crippen LogP contribution in [0.3, 0.4) is 0 Å². The Hall–Kier alpha value is -1.32. The van der Waals surface area contributed by atoms with Gasteiger partial charge in [0, 0.05) is 25.7 Å². The summed E-state index contributed by atoms with van der Waals surface area (Å²) in [5.41, 5.74) is 2.52. The molecule has 1 aromatic carbocycles. The highest BCUT2D eigenvalue weighted by atomic mass is 16.5. The third-order valence-electron chi connectivity index (χ3n) is 3.71. The van der Waals surface area contributed by atoms with E-state index in [4.69, 9.17) is 4.74 Å². The number of nitrogens with zero attached hydrogens (tertiary/aromatic N) is 1. The van der Waals surface area contributed by atoms with E-state index in [-0.39, 0.29) is 0 Å². The lowest BCUT2D eigenvalue weighted by atomic mass is 10.2. The van der Waals surface area contributed by atoms with Crippen LogP contribution in [0.1, 0.15) is 32.3 Å². The van der Waals surface area contributed by atoms with Crippen molar-refractivity contribution in [3.8, 4) is 5.75 Å². The summed E-state index contributed by atoms with van der Waals surface area (Å²) in [7, 11) is 0. The number of rotatable bonds is 10. The molecule has 2 rings (SSSR count). The van der Waals surface area contributed by atoms with E-state index in [0.29, 0.717) is 0 Å². The fourth-order valence-corrected chi connectivity index (χ4v) is 2.28. The molecule has 1 fully saturated rings. The summed E-state index contributed by atoms with van der Waals surface area (Å²) in [5, 5.41) is 3.52. The van der Waals surface area contributed by atoms with Gasteiger partial charge >= 0.3 is 0 Å². The number of likely N-dealkylation sites (N-methyl/N-ethyl adjacent to an activating group) is 1. The third-order valence-corrected chi connectivity index (χ3v) is 3.71. The standard InChI is InChI=1S/C18H28N2O/c1-4-20(14-15(2)3)11-12-21-18-9-5-16(6-10-18)13-19-17-7-8-17/h5-6,9-10,17,19H,2,4,7-8,11-14H2,1,3H3. The Kier molecular flexibility index (Phi) is 6.27. The van der Waals surface area contributed by atoms with Crippen molar-refractivity contribution in [2.45, 2.75) is 39.3 Å². The van der Waals surface area contributed by atoms with Gasteiger partial charge in [-0.2, -0.15) is 0 Å². The molecule has 1 aromatic rings. The fraction of sp³-hybridized carbons (Fsp3) is 0.556. The van der Waals surface area contributed by atoms with Crippen molar-refractivity contribution in [3.63, 3.8) is 0 Å². The second-order valence-corrected chi connectivity index (χ2v) is 5.97. The number of hydrogen-bond donors (Lipinski definition) is 1. The number of benzene rings is 1. The molecular weight excluding hydrogens is 260 g/mol. The normalized spacial score (nSPS) is 14.4. The van der Waals surface area contributed by atoms with Crippen LogP contribution < -0.4 is 10.1 Å². The van der Waals surface area contributed by atoms with Crippen molar-refractivity contribution >= 4 is 0 Å². The van der Waals surface area contributed by atoms with Crippen molar-refractivity contribution in [1.29, 1.82) is 0 Å². The fourth-order valence-electron chi connectivity index (χ4n) is 2.28. The van der Waals surface area contributed by atoms with Crippen LogP contribution in [-0.4, -0.2) is 37.2 Å². The van der Waals surface area contributed by atoms with Gasteiger partial charge in [-0.15, -0.1) is 0 Å². The first-order chi connectivity index (χ1) is 10.2. The summed E-state index contributed by atoms with van der Waals surface area (Å²) in [6.07, 6.45) is 2.67. The molecular formula is C18H28N2O. The van der Waals surface area contributed by atoms with Gasteiger partial charge in [-0.1, -0.05) is 31.2 Å². The zero-order valence-corrected chi connectivity index (χ0v) is 13.4. The second kappa shape index (κ2) is 8.20. The summed E-state index contributed by atoms with van der Waals surface area (Å²) in [4.78, 5) is 2.34. The molecule has 1 aliphatic rings. The van der Waals surface area contributed by atoms with Gasteiger partial charge < -0.3 is 10.1 Å².